The van der Waals surface area contributed by atoms with Gasteiger partial charge in [-0.2, -0.15) is 0 Å². The molecule has 4 aliphatic rings. The molecule has 0 radical (unpaired) electrons. The zero-order valence-electron chi connectivity index (χ0n) is 37.5. The van der Waals surface area contributed by atoms with Crippen LogP contribution < -0.4 is 10.4 Å². The molecule has 0 N–H and O–H groups in total. The van der Waals surface area contributed by atoms with Crippen LogP contribution in [0.1, 0.15) is 109 Å². The minimum atomic E-state index is -0.280. The Hall–Kier alpha value is -5.80. The first-order valence-corrected chi connectivity index (χ1v) is 22.6. The number of aromatic nitrogens is 1. The van der Waals surface area contributed by atoms with Gasteiger partial charge in [0.05, 0.1) is 5.69 Å². The van der Waals surface area contributed by atoms with E-state index in [4.69, 9.17) is 0 Å². The van der Waals surface area contributed by atoms with Gasteiger partial charge in [0.25, 0.3) is 0 Å². The molecule has 0 amide bonds. The fourth-order valence-electron chi connectivity index (χ4n) is 12.3. The summed E-state index contributed by atoms with van der Waals surface area (Å²) in [5.41, 5.74) is 23.2. The van der Waals surface area contributed by atoms with Crippen LogP contribution in [0.2, 0.25) is 0 Å². The van der Waals surface area contributed by atoms with E-state index in [1.807, 2.05) is 0 Å². The molecule has 2 nitrogen and oxygen atoms in total. The zero-order chi connectivity index (χ0) is 42.1. The molecule has 3 heterocycles. The topological polar surface area (TPSA) is 8.17 Å². The Morgan fingerprint density at radius 2 is 1.23 bits per heavy atom. The maximum Gasteiger partial charge on any atom is 0.329 e. The fourth-order valence-corrected chi connectivity index (χ4v) is 12.3. The summed E-state index contributed by atoms with van der Waals surface area (Å²) < 4.78 is 2.80. The summed E-state index contributed by atoms with van der Waals surface area (Å²) >= 11 is 0. The van der Waals surface area contributed by atoms with Crippen LogP contribution in [0, 0.1) is 6.92 Å². The second kappa shape index (κ2) is 12.0. The maximum atomic E-state index is 2.80. The lowest BCUT2D eigenvalue weighted by Crippen LogP contribution is -2.52. The number of hydrogen-bond acceptors (Lipinski definition) is 1. The molecule has 0 saturated carbocycles. The third-order valence-corrected chi connectivity index (χ3v) is 15.6. The lowest BCUT2D eigenvalue weighted by molar-refractivity contribution is 0.331. The highest BCUT2D eigenvalue weighted by molar-refractivity contribution is 6.86. The van der Waals surface area contributed by atoms with Gasteiger partial charge < -0.3 is 9.38 Å². The fraction of sp³-hybridized carbons (Fsp3) is 0.276. The summed E-state index contributed by atoms with van der Waals surface area (Å²) in [5.74, 6) is 0. The molecule has 300 valence electrons. The van der Waals surface area contributed by atoms with E-state index in [1.54, 1.807) is 0 Å². The minimum absolute atomic E-state index is 0.00524. The Bertz CT molecular complexity index is 3270. The third kappa shape index (κ3) is 4.87. The van der Waals surface area contributed by atoms with Crippen molar-refractivity contribution in [3.8, 4) is 22.3 Å². The van der Waals surface area contributed by atoms with Gasteiger partial charge in [0, 0.05) is 60.7 Å². The molecule has 7 aromatic carbocycles. The van der Waals surface area contributed by atoms with Gasteiger partial charge >= 0.3 is 6.85 Å². The molecule has 12 rings (SSSR count). The summed E-state index contributed by atoms with van der Waals surface area (Å²) in [4.78, 5) is 2.74. The summed E-state index contributed by atoms with van der Waals surface area (Å²) in [6, 6.07) is 49.6. The number of nitrogens with zero attached hydrogens (tertiary/aromatic N) is 2. The van der Waals surface area contributed by atoms with Gasteiger partial charge in [-0.05, 0) is 116 Å². The normalized spacial score (nSPS) is 17.8. The second-order valence-corrected chi connectivity index (χ2v) is 21.7. The number of para-hydroxylation sites is 1. The van der Waals surface area contributed by atoms with Crippen LogP contribution in [-0.2, 0) is 21.7 Å². The number of benzene rings is 7. The van der Waals surface area contributed by atoms with Crippen molar-refractivity contribution in [3.63, 3.8) is 0 Å². The van der Waals surface area contributed by atoms with Crippen molar-refractivity contribution in [1.82, 2.24) is 4.48 Å². The number of anilines is 2. The van der Waals surface area contributed by atoms with Crippen LogP contribution >= 0.6 is 0 Å². The molecule has 0 spiro atoms. The number of hydrogen-bond donors (Lipinski definition) is 0. The SMILES string of the molecule is Cc1cc2c3c(c1)N(c1ccc(C(C)(C)C)cc1-c1ccccc1)C1=C(B3n3c4c-2cccc4c2ccc4ccccc4c23)C(C)(C)c2cc3c(cc21)C(C)(C)CCC3(C)C. The number of fused-ring (bicyclic) bond motifs is 11. The van der Waals surface area contributed by atoms with Crippen molar-refractivity contribution < 1.29 is 0 Å². The highest BCUT2D eigenvalue weighted by Gasteiger charge is 2.54. The van der Waals surface area contributed by atoms with Gasteiger partial charge in [-0.1, -0.05) is 165 Å². The van der Waals surface area contributed by atoms with E-state index >= 15 is 0 Å². The third-order valence-electron chi connectivity index (χ3n) is 15.6. The molecule has 1 aromatic heterocycles. The summed E-state index contributed by atoms with van der Waals surface area (Å²) in [5, 5.41) is 5.28. The number of rotatable bonds is 2. The Labute approximate surface area is 362 Å². The first-order valence-electron chi connectivity index (χ1n) is 22.6. The van der Waals surface area contributed by atoms with E-state index in [0.29, 0.717) is 0 Å². The predicted octanol–water partition coefficient (Wildman–Crippen LogP) is 14.7. The van der Waals surface area contributed by atoms with Crippen LogP contribution in [0.25, 0.3) is 60.5 Å². The van der Waals surface area contributed by atoms with Gasteiger partial charge in [0.15, 0.2) is 0 Å². The Morgan fingerprint density at radius 3 is 1.98 bits per heavy atom. The standard InChI is InChI=1S/C58H55BN2/c1-34-29-43-40-22-16-21-39-41-25-23-36-19-14-15-20-38(36)51(41)61(52(39)40)59-50(43)49(30-34)60(48-26-24-37(55(2,3)4)31-42(48)35-17-12-11-13-18-35)53-44-32-46-47(33-45(44)58(9,10)54(53)59)57(7,8)28-27-56(46,5)6/h11-26,29-33H,27-28H2,1-10H3. The van der Waals surface area contributed by atoms with Crippen molar-refractivity contribution in [3.05, 3.63) is 166 Å². The summed E-state index contributed by atoms with van der Waals surface area (Å²) in [7, 11) is 0. The quantitative estimate of drug-likeness (QED) is 0.158. The highest BCUT2D eigenvalue weighted by atomic mass is 15.2. The molecule has 3 heteroatoms. The van der Waals surface area contributed by atoms with Crippen molar-refractivity contribution in [1.29, 1.82) is 0 Å². The smallest absolute Gasteiger partial charge is 0.329 e. The average Bonchev–Trinajstić information content (AvgIpc) is 3.69. The van der Waals surface area contributed by atoms with Crippen LogP contribution in [0.3, 0.4) is 0 Å². The van der Waals surface area contributed by atoms with Crippen molar-refractivity contribution in [2.24, 2.45) is 0 Å². The van der Waals surface area contributed by atoms with E-state index in [1.165, 1.54) is 129 Å². The molecule has 0 atom stereocenters. The second-order valence-electron chi connectivity index (χ2n) is 21.7. The van der Waals surface area contributed by atoms with Crippen molar-refractivity contribution >= 4 is 62.0 Å². The number of aryl methyl sites for hydroxylation is 1. The minimum Gasteiger partial charge on any atom is -0.375 e. The van der Waals surface area contributed by atoms with Crippen LogP contribution in [0.15, 0.2) is 133 Å². The monoisotopic (exact) mass is 790 g/mol. The van der Waals surface area contributed by atoms with Crippen molar-refractivity contribution in [2.45, 2.75) is 104 Å². The Morgan fingerprint density at radius 1 is 0.541 bits per heavy atom. The molecule has 61 heavy (non-hydrogen) atoms. The van der Waals surface area contributed by atoms with Gasteiger partial charge in [0.2, 0.25) is 0 Å². The molecule has 0 fully saturated rings. The van der Waals surface area contributed by atoms with Gasteiger partial charge in [0.1, 0.15) is 0 Å². The van der Waals surface area contributed by atoms with Gasteiger partial charge in [-0.25, -0.2) is 0 Å². The number of allylic oxidation sites excluding steroid dienone is 1. The molecule has 8 aromatic rings. The maximum absolute atomic E-state index is 2.80. The van der Waals surface area contributed by atoms with Crippen LogP contribution in [0.4, 0.5) is 11.4 Å². The lowest BCUT2D eigenvalue weighted by atomic mass is 9.40. The summed E-state index contributed by atoms with van der Waals surface area (Å²) in [6.45, 7) is 24.3. The molecule has 2 aliphatic carbocycles. The summed E-state index contributed by atoms with van der Waals surface area (Å²) in [6.07, 6.45) is 2.38. The van der Waals surface area contributed by atoms with Crippen LogP contribution in [0.5, 0.6) is 0 Å². The van der Waals surface area contributed by atoms with E-state index in [9.17, 15) is 0 Å². The Kier molecular flexibility index (Phi) is 7.26. The average molecular weight is 791 g/mol. The van der Waals surface area contributed by atoms with Gasteiger partial charge in [-0.15, -0.1) is 0 Å². The molecule has 0 bridgehead atoms. The molecular weight excluding hydrogens is 735 g/mol. The van der Waals surface area contributed by atoms with E-state index in [0.717, 1.165) is 0 Å². The van der Waals surface area contributed by atoms with E-state index in [-0.39, 0.29) is 28.5 Å². The van der Waals surface area contributed by atoms with E-state index in [2.05, 4.69) is 206 Å². The first kappa shape index (κ1) is 37.0. The van der Waals surface area contributed by atoms with Crippen LogP contribution in [-0.4, -0.2) is 11.3 Å². The van der Waals surface area contributed by atoms with Crippen molar-refractivity contribution in [2.75, 3.05) is 4.90 Å². The van der Waals surface area contributed by atoms with E-state index < -0.39 is 0 Å². The van der Waals surface area contributed by atoms with Gasteiger partial charge in [-0.3, -0.25) is 0 Å². The highest BCUT2D eigenvalue weighted by Crippen LogP contribution is 2.60. The first-order chi connectivity index (χ1) is 29.1. The molecule has 2 aliphatic heterocycles. The Balaban J connectivity index is 1.28. The molecule has 0 saturated heterocycles. The lowest BCUT2D eigenvalue weighted by Gasteiger charge is -2.43. The predicted molar refractivity (Wildman–Crippen MR) is 262 cm³/mol. The largest absolute Gasteiger partial charge is 0.375 e. The zero-order valence-corrected chi connectivity index (χ0v) is 37.5. The molecular formula is C58H55BN2. The molecule has 0 unspecified atom stereocenters.